The molecule has 0 aromatic heterocycles. The number of carbonyl (C=O) groups excluding carboxylic acids is 6. The predicted molar refractivity (Wildman–Crippen MR) is 179 cm³/mol. The Morgan fingerprint density at radius 1 is 0.667 bits per heavy atom. The second kappa shape index (κ2) is 17.8. The highest BCUT2D eigenvalue weighted by Crippen LogP contribution is 2.14. The molecule has 3 rings (SSSR count). The first kappa shape index (κ1) is 37.5. The van der Waals surface area contributed by atoms with Gasteiger partial charge >= 0.3 is 0 Å². The van der Waals surface area contributed by atoms with Gasteiger partial charge in [0, 0.05) is 12.8 Å². The maximum absolute atomic E-state index is 13.9. The normalized spacial score (nSPS) is 24.2. The summed E-state index contributed by atoms with van der Waals surface area (Å²) in [4.78, 5) is 80.7. The number of hydrogen-bond donors (Lipinski definition) is 7. The molecular formula is C35H48N6O7. The molecule has 13 heteroatoms. The minimum absolute atomic E-state index is 0.0145. The third-order valence-electron chi connectivity index (χ3n) is 8.25. The Kier molecular flexibility index (Phi) is 13.9. The van der Waals surface area contributed by atoms with E-state index in [0.29, 0.717) is 12.0 Å². The Morgan fingerprint density at radius 2 is 1.19 bits per heavy atom. The van der Waals surface area contributed by atoms with Crippen molar-refractivity contribution in [1.29, 1.82) is 0 Å². The standard InChI is InChI=1S/C35H48N6O7/c1-6-21(4)30-35(48)40-28(17-23-10-8-7-9-11-23)34(47)38-26(16-20(2)3)33(46)39-27(18-24-12-14-25(42)15-13-24)32(45)37-22(5)31(44)36-19-29(43)41-30/h7-15,20-22,26-28,30,42H,6,16-19H2,1-5H3,(H,36,44)(H,37,45)(H,38,47)(H,39,46)(H,40,48)(H,41,43)/t21-,22-,26-,27-,28-,30-/m0/s1. The quantitative estimate of drug-likeness (QED) is 0.217. The minimum atomic E-state index is -1.16. The van der Waals surface area contributed by atoms with Gasteiger partial charge in [-0.1, -0.05) is 76.6 Å². The van der Waals surface area contributed by atoms with Crippen LogP contribution in [0.5, 0.6) is 5.75 Å². The van der Waals surface area contributed by atoms with Crippen molar-refractivity contribution >= 4 is 35.4 Å². The van der Waals surface area contributed by atoms with Gasteiger partial charge in [-0.15, -0.1) is 0 Å². The highest BCUT2D eigenvalue weighted by Gasteiger charge is 2.34. The molecule has 2 aromatic carbocycles. The number of aromatic hydroxyl groups is 1. The first-order valence-corrected chi connectivity index (χ1v) is 16.4. The van der Waals surface area contributed by atoms with E-state index in [9.17, 15) is 33.9 Å². The lowest BCUT2D eigenvalue weighted by atomic mass is 9.96. The van der Waals surface area contributed by atoms with Crippen LogP contribution in [-0.2, 0) is 41.6 Å². The Labute approximate surface area is 281 Å². The van der Waals surface area contributed by atoms with Crippen LogP contribution >= 0.6 is 0 Å². The van der Waals surface area contributed by atoms with Crippen LogP contribution in [0.25, 0.3) is 0 Å². The summed E-state index contributed by atoms with van der Waals surface area (Å²) >= 11 is 0. The summed E-state index contributed by atoms with van der Waals surface area (Å²) in [7, 11) is 0. The van der Waals surface area contributed by atoms with E-state index >= 15 is 0 Å². The van der Waals surface area contributed by atoms with Gasteiger partial charge in [0.15, 0.2) is 0 Å². The van der Waals surface area contributed by atoms with E-state index < -0.39 is 72.2 Å². The van der Waals surface area contributed by atoms with E-state index in [0.717, 1.165) is 5.56 Å². The van der Waals surface area contributed by atoms with Crippen molar-refractivity contribution < 1.29 is 33.9 Å². The molecule has 7 N–H and O–H groups in total. The fourth-order valence-electron chi connectivity index (χ4n) is 5.27. The zero-order valence-electron chi connectivity index (χ0n) is 28.2. The topological polar surface area (TPSA) is 195 Å². The second-order valence-electron chi connectivity index (χ2n) is 12.8. The summed E-state index contributed by atoms with van der Waals surface area (Å²) < 4.78 is 0. The van der Waals surface area contributed by atoms with Crippen molar-refractivity contribution in [2.24, 2.45) is 11.8 Å². The highest BCUT2D eigenvalue weighted by atomic mass is 16.3. The molecule has 0 radical (unpaired) electrons. The van der Waals surface area contributed by atoms with Crippen LogP contribution in [0.3, 0.4) is 0 Å². The van der Waals surface area contributed by atoms with E-state index in [2.05, 4.69) is 31.9 Å². The number of rotatable bonds is 8. The molecule has 0 bridgehead atoms. The fourth-order valence-corrected chi connectivity index (χ4v) is 5.27. The molecule has 0 aliphatic carbocycles. The van der Waals surface area contributed by atoms with E-state index in [1.165, 1.54) is 19.1 Å². The van der Waals surface area contributed by atoms with E-state index in [-0.39, 0.29) is 36.8 Å². The molecular weight excluding hydrogens is 616 g/mol. The van der Waals surface area contributed by atoms with Crippen LogP contribution in [0.4, 0.5) is 0 Å². The SMILES string of the molecule is CC[C@H](C)[C@@H]1NC(=O)CNC(=O)[C@H](C)NC(=O)[C@H](Cc2ccc(O)cc2)NC(=O)[C@H](CC(C)C)NC(=O)[C@H](Cc2ccccc2)NC1=O. The molecule has 6 amide bonds. The number of nitrogens with one attached hydrogen (secondary N) is 6. The second-order valence-corrected chi connectivity index (χ2v) is 12.8. The van der Waals surface area contributed by atoms with Crippen molar-refractivity contribution in [3.8, 4) is 5.75 Å². The van der Waals surface area contributed by atoms with Gasteiger partial charge in [-0.25, -0.2) is 0 Å². The van der Waals surface area contributed by atoms with Crippen molar-refractivity contribution in [2.75, 3.05) is 6.54 Å². The molecule has 260 valence electrons. The number of carbonyl (C=O) groups is 6. The lowest BCUT2D eigenvalue weighted by Crippen LogP contribution is -2.61. The van der Waals surface area contributed by atoms with E-state index in [1.54, 1.807) is 19.1 Å². The predicted octanol–water partition coefficient (Wildman–Crippen LogP) is 0.843. The largest absolute Gasteiger partial charge is 0.508 e. The van der Waals surface area contributed by atoms with Gasteiger partial charge in [0.25, 0.3) is 0 Å². The van der Waals surface area contributed by atoms with Crippen LogP contribution in [0.15, 0.2) is 54.6 Å². The Morgan fingerprint density at radius 3 is 1.77 bits per heavy atom. The third kappa shape index (κ3) is 11.4. The zero-order chi connectivity index (χ0) is 35.4. The van der Waals surface area contributed by atoms with Gasteiger partial charge in [0.2, 0.25) is 35.4 Å². The van der Waals surface area contributed by atoms with Gasteiger partial charge in [-0.3, -0.25) is 28.8 Å². The average Bonchev–Trinajstić information content (AvgIpc) is 3.05. The number of phenols is 1. The molecule has 6 atom stereocenters. The molecule has 1 fully saturated rings. The first-order valence-electron chi connectivity index (χ1n) is 16.4. The number of hydrogen-bond acceptors (Lipinski definition) is 7. The van der Waals surface area contributed by atoms with Gasteiger partial charge in [0.05, 0.1) is 6.54 Å². The maximum Gasteiger partial charge on any atom is 0.243 e. The van der Waals surface area contributed by atoms with Crippen LogP contribution in [-0.4, -0.2) is 77.3 Å². The summed E-state index contributed by atoms with van der Waals surface area (Å²) in [5, 5.41) is 25.8. The fraction of sp³-hybridized carbons (Fsp3) is 0.486. The number of amides is 6. The monoisotopic (exact) mass is 664 g/mol. The van der Waals surface area contributed by atoms with Crippen LogP contribution in [0.2, 0.25) is 0 Å². The molecule has 1 aliphatic rings. The molecule has 0 unspecified atom stereocenters. The summed E-state index contributed by atoms with van der Waals surface area (Å²) in [5.41, 5.74) is 1.38. The Hall–Kier alpha value is -4.94. The van der Waals surface area contributed by atoms with Crippen LogP contribution in [0, 0.1) is 11.8 Å². The molecule has 1 heterocycles. The molecule has 48 heavy (non-hydrogen) atoms. The lowest BCUT2D eigenvalue weighted by molar-refractivity contribution is -0.136. The third-order valence-corrected chi connectivity index (χ3v) is 8.25. The molecule has 1 saturated heterocycles. The first-order chi connectivity index (χ1) is 22.8. The van der Waals surface area contributed by atoms with Gasteiger partial charge < -0.3 is 37.0 Å². The molecule has 0 saturated carbocycles. The molecule has 13 nitrogen and oxygen atoms in total. The molecule has 0 spiro atoms. The van der Waals surface area contributed by atoms with Gasteiger partial charge in [-0.2, -0.15) is 0 Å². The summed E-state index contributed by atoms with van der Waals surface area (Å²) in [6.07, 6.45) is 0.878. The number of phenolic OH excluding ortho intramolecular Hbond substituents is 1. The molecule has 2 aromatic rings. The average molecular weight is 665 g/mol. The van der Waals surface area contributed by atoms with Crippen molar-refractivity contribution in [1.82, 2.24) is 31.9 Å². The summed E-state index contributed by atoms with van der Waals surface area (Å²) in [6, 6.07) is 9.73. The van der Waals surface area contributed by atoms with Crippen LogP contribution in [0.1, 0.15) is 58.6 Å². The Bertz CT molecular complexity index is 1430. The lowest BCUT2D eigenvalue weighted by Gasteiger charge is -2.29. The summed E-state index contributed by atoms with van der Waals surface area (Å²) in [5.74, 6) is -4.08. The van der Waals surface area contributed by atoms with E-state index in [1.807, 2.05) is 51.1 Å². The minimum Gasteiger partial charge on any atom is -0.508 e. The van der Waals surface area contributed by atoms with Crippen molar-refractivity contribution in [3.63, 3.8) is 0 Å². The van der Waals surface area contributed by atoms with Gasteiger partial charge in [-0.05, 0) is 48.4 Å². The smallest absolute Gasteiger partial charge is 0.243 e. The van der Waals surface area contributed by atoms with E-state index in [4.69, 9.17) is 0 Å². The van der Waals surface area contributed by atoms with Gasteiger partial charge in [0.1, 0.15) is 36.0 Å². The van der Waals surface area contributed by atoms with Crippen molar-refractivity contribution in [2.45, 2.75) is 90.5 Å². The van der Waals surface area contributed by atoms with Crippen LogP contribution < -0.4 is 31.9 Å². The summed E-state index contributed by atoms with van der Waals surface area (Å²) in [6.45, 7) is 8.39. The Balaban J connectivity index is 2.02. The maximum atomic E-state index is 13.9. The number of benzene rings is 2. The molecule has 1 aliphatic heterocycles. The van der Waals surface area contributed by atoms with Crippen molar-refractivity contribution in [3.05, 3.63) is 65.7 Å². The zero-order valence-corrected chi connectivity index (χ0v) is 28.2. The highest BCUT2D eigenvalue weighted by molar-refractivity contribution is 5.97.